The van der Waals surface area contributed by atoms with Crippen LogP contribution >= 0.6 is 11.6 Å². The van der Waals surface area contributed by atoms with Crippen LogP contribution in [0.2, 0.25) is 5.02 Å². The van der Waals surface area contributed by atoms with Crippen LogP contribution in [0.5, 0.6) is 0 Å². The van der Waals surface area contributed by atoms with Gasteiger partial charge < -0.3 is 10.0 Å². The summed E-state index contributed by atoms with van der Waals surface area (Å²) in [6.45, 7) is 3.32. The molecule has 0 heterocycles. The van der Waals surface area contributed by atoms with Gasteiger partial charge in [-0.2, -0.15) is 0 Å². The maximum atomic E-state index is 12.0. The van der Waals surface area contributed by atoms with Gasteiger partial charge in [0.25, 0.3) is 5.91 Å². The van der Waals surface area contributed by atoms with E-state index in [4.69, 9.17) is 16.7 Å². The van der Waals surface area contributed by atoms with E-state index in [-0.39, 0.29) is 19.0 Å². The molecule has 0 saturated carbocycles. The van der Waals surface area contributed by atoms with Gasteiger partial charge >= 0.3 is 5.97 Å². The van der Waals surface area contributed by atoms with Crippen LogP contribution in [0.1, 0.15) is 10.4 Å². The molecule has 1 aromatic rings. The van der Waals surface area contributed by atoms with Crippen molar-refractivity contribution in [3.8, 4) is 0 Å². The molecule has 1 aromatic carbocycles. The number of halogens is 1. The zero-order valence-corrected chi connectivity index (χ0v) is 9.85. The predicted molar refractivity (Wildman–Crippen MR) is 65.2 cm³/mol. The lowest BCUT2D eigenvalue weighted by Crippen LogP contribution is -2.35. The van der Waals surface area contributed by atoms with E-state index in [9.17, 15) is 9.59 Å². The molecule has 90 valence electrons. The molecule has 4 nitrogen and oxygen atoms in total. The molecular formula is C12H12ClNO3. The molecule has 5 heteroatoms. The fraction of sp³-hybridized carbons (Fsp3) is 0.167. The lowest BCUT2D eigenvalue weighted by atomic mass is 10.2. The van der Waals surface area contributed by atoms with Crippen molar-refractivity contribution in [2.45, 2.75) is 0 Å². The van der Waals surface area contributed by atoms with Gasteiger partial charge in [-0.15, -0.1) is 6.58 Å². The molecule has 1 amide bonds. The third kappa shape index (κ3) is 3.92. The molecule has 0 unspecified atom stereocenters. The van der Waals surface area contributed by atoms with Crippen LogP contribution in [-0.2, 0) is 4.79 Å². The predicted octanol–water partition coefficient (Wildman–Crippen LogP) is 2.05. The van der Waals surface area contributed by atoms with E-state index in [2.05, 4.69) is 6.58 Å². The van der Waals surface area contributed by atoms with Gasteiger partial charge in [-0.1, -0.05) is 17.7 Å². The number of hydrogen-bond acceptors (Lipinski definition) is 2. The minimum Gasteiger partial charge on any atom is -0.480 e. The maximum Gasteiger partial charge on any atom is 0.323 e. The van der Waals surface area contributed by atoms with Crippen LogP contribution in [-0.4, -0.2) is 35.0 Å². The van der Waals surface area contributed by atoms with Crippen molar-refractivity contribution in [2.75, 3.05) is 13.1 Å². The van der Waals surface area contributed by atoms with Gasteiger partial charge in [0.1, 0.15) is 6.54 Å². The molecule has 0 aromatic heterocycles. The number of amides is 1. The van der Waals surface area contributed by atoms with Crippen molar-refractivity contribution in [2.24, 2.45) is 0 Å². The normalized spacial score (nSPS) is 9.71. The SMILES string of the molecule is C=CCN(CC(=O)O)C(=O)c1ccc(Cl)cc1. The molecule has 17 heavy (non-hydrogen) atoms. The molecule has 0 fully saturated rings. The quantitative estimate of drug-likeness (QED) is 0.817. The Morgan fingerprint density at radius 2 is 1.94 bits per heavy atom. The molecule has 0 saturated heterocycles. The highest BCUT2D eigenvalue weighted by Crippen LogP contribution is 2.11. The van der Waals surface area contributed by atoms with Crippen molar-refractivity contribution < 1.29 is 14.7 Å². The summed E-state index contributed by atoms with van der Waals surface area (Å²) in [6, 6.07) is 6.29. The van der Waals surface area contributed by atoms with E-state index in [1.807, 2.05) is 0 Å². The van der Waals surface area contributed by atoms with Gasteiger partial charge in [0, 0.05) is 17.1 Å². The van der Waals surface area contributed by atoms with Crippen molar-refractivity contribution in [3.05, 3.63) is 47.5 Å². The average Bonchev–Trinajstić information content (AvgIpc) is 2.28. The Morgan fingerprint density at radius 3 is 2.41 bits per heavy atom. The van der Waals surface area contributed by atoms with Gasteiger partial charge in [-0.05, 0) is 24.3 Å². The summed E-state index contributed by atoms with van der Waals surface area (Å²) < 4.78 is 0. The molecule has 1 rings (SSSR count). The maximum absolute atomic E-state index is 12.0. The topological polar surface area (TPSA) is 57.6 Å². The van der Waals surface area contributed by atoms with Crippen LogP contribution in [0.3, 0.4) is 0 Å². The Morgan fingerprint density at radius 1 is 1.35 bits per heavy atom. The first-order chi connectivity index (χ1) is 8.04. The van der Waals surface area contributed by atoms with Crippen molar-refractivity contribution in [3.63, 3.8) is 0 Å². The summed E-state index contributed by atoms with van der Waals surface area (Å²) in [5.41, 5.74) is 0.400. The summed E-state index contributed by atoms with van der Waals surface area (Å²) in [7, 11) is 0. The fourth-order valence-electron chi connectivity index (χ4n) is 1.31. The highest BCUT2D eigenvalue weighted by Gasteiger charge is 2.16. The highest BCUT2D eigenvalue weighted by molar-refractivity contribution is 6.30. The Balaban J connectivity index is 2.86. The molecule has 0 aliphatic heterocycles. The van der Waals surface area contributed by atoms with Crippen molar-refractivity contribution >= 4 is 23.5 Å². The lowest BCUT2D eigenvalue weighted by Gasteiger charge is -2.18. The van der Waals surface area contributed by atoms with E-state index in [1.165, 1.54) is 11.0 Å². The van der Waals surface area contributed by atoms with Gasteiger partial charge in [0.05, 0.1) is 0 Å². The zero-order chi connectivity index (χ0) is 12.8. The van der Waals surface area contributed by atoms with E-state index in [0.717, 1.165) is 0 Å². The standard InChI is InChI=1S/C12H12ClNO3/c1-2-7-14(8-11(15)16)12(17)9-3-5-10(13)6-4-9/h2-6H,1,7-8H2,(H,15,16). The summed E-state index contributed by atoms with van der Waals surface area (Å²) >= 11 is 5.71. The Hall–Kier alpha value is -1.81. The second-order valence-corrected chi connectivity index (χ2v) is 3.81. The number of nitrogens with zero attached hydrogens (tertiary/aromatic N) is 1. The Kier molecular flexibility index (Phi) is 4.72. The number of benzene rings is 1. The third-order valence-corrected chi connectivity index (χ3v) is 2.31. The largest absolute Gasteiger partial charge is 0.480 e. The molecular weight excluding hydrogens is 242 g/mol. The number of carboxylic acids is 1. The minimum absolute atomic E-state index is 0.188. The summed E-state index contributed by atoms with van der Waals surface area (Å²) in [4.78, 5) is 23.8. The Bertz CT molecular complexity index is 428. The monoisotopic (exact) mass is 253 g/mol. The molecule has 0 atom stereocenters. The molecule has 1 N–H and O–H groups in total. The molecule has 0 bridgehead atoms. The van der Waals surface area contributed by atoms with Crippen LogP contribution in [0.25, 0.3) is 0 Å². The number of aliphatic carboxylic acids is 1. The first kappa shape index (κ1) is 13.3. The minimum atomic E-state index is -1.06. The van der Waals surface area contributed by atoms with E-state index in [0.29, 0.717) is 10.6 Å². The zero-order valence-electron chi connectivity index (χ0n) is 9.10. The number of rotatable bonds is 5. The first-order valence-electron chi connectivity index (χ1n) is 4.92. The van der Waals surface area contributed by atoms with Crippen molar-refractivity contribution in [1.29, 1.82) is 0 Å². The number of carbonyl (C=O) groups is 2. The van der Waals surface area contributed by atoms with Crippen LogP contribution < -0.4 is 0 Å². The van der Waals surface area contributed by atoms with Crippen LogP contribution in [0.4, 0.5) is 0 Å². The summed E-state index contributed by atoms with van der Waals surface area (Å²) in [5, 5.41) is 9.22. The van der Waals surface area contributed by atoms with E-state index in [1.54, 1.807) is 24.3 Å². The molecule has 0 aliphatic rings. The highest BCUT2D eigenvalue weighted by atomic mass is 35.5. The number of carboxylic acid groups (broad SMARTS) is 1. The van der Waals surface area contributed by atoms with Crippen LogP contribution in [0.15, 0.2) is 36.9 Å². The van der Waals surface area contributed by atoms with E-state index < -0.39 is 5.97 Å². The molecule has 0 aliphatic carbocycles. The van der Waals surface area contributed by atoms with Crippen molar-refractivity contribution in [1.82, 2.24) is 4.90 Å². The number of carbonyl (C=O) groups excluding carboxylic acids is 1. The van der Waals surface area contributed by atoms with Gasteiger partial charge in [0.15, 0.2) is 0 Å². The number of hydrogen-bond donors (Lipinski definition) is 1. The third-order valence-electron chi connectivity index (χ3n) is 2.05. The second kappa shape index (κ2) is 6.06. The molecule has 0 spiro atoms. The molecule has 0 radical (unpaired) electrons. The smallest absolute Gasteiger partial charge is 0.323 e. The van der Waals surface area contributed by atoms with E-state index >= 15 is 0 Å². The second-order valence-electron chi connectivity index (χ2n) is 3.37. The summed E-state index contributed by atoms with van der Waals surface area (Å²) in [6.07, 6.45) is 1.48. The van der Waals surface area contributed by atoms with Crippen LogP contribution in [0, 0.1) is 0 Å². The van der Waals surface area contributed by atoms with Gasteiger partial charge in [-0.3, -0.25) is 9.59 Å². The Labute approximate surface area is 104 Å². The first-order valence-corrected chi connectivity index (χ1v) is 5.30. The lowest BCUT2D eigenvalue weighted by molar-refractivity contribution is -0.137. The fourth-order valence-corrected chi connectivity index (χ4v) is 1.44. The summed E-state index contributed by atoms with van der Waals surface area (Å²) in [5.74, 6) is -1.42. The average molecular weight is 254 g/mol. The van der Waals surface area contributed by atoms with Gasteiger partial charge in [0.2, 0.25) is 0 Å². The van der Waals surface area contributed by atoms with Gasteiger partial charge in [-0.25, -0.2) is 0 Å².